The number of tetrazole rings is 1. The van der Waals surface area contributed by atoms with Crippen molar-refractivity contribution in [3.8, 4) is 0 Å². The molecule has 5 rings (SSSR count). The number of hydrogen-bond donors (Lipinski definition) is 2. The first-order valence-corrected chi connectivity index (χ1v) is 10.8. The second-order valence-corrected chi connectivity index (χ2v) is 8.60. The Balaban J connectivity index is 1.49. The van der Waals surface area contributed by atoms with Crippen LogP contribution in [0.4, 0.5) is 0 Å². The van der Waals surface area contributed by atoms with Gasteiger partial charge in [-0.2, -0.15) is 0 Å². The number of hydrogen-bond acceptors (Lipinski definition) is 4. The smallest absolute Gasteiger partial charge is 0.214 e. The molecule has 3 fully saturated rings. The molecule has 1 saturated carbocycles. The Hall–Kier alpha value is -1.86. The number of nitrogens with zero attached hydrogens (tertiary/aromatic N) is 5. The van der Waals surface area contributed by atoms with Gasteiger partial charge >= 0.3 is 0 Å². The molecule has 2 N–H and O–H groups in total. The minimum Gasteiger partial charge on any atom is -0.323 e. The van der Waals surface area contributed by atoms with Crippen molar-refractivity contribution in [3.63, 3.8) is 0 Å². The number of piperazine rings is 1. The largest absolute Gasteiger partial charge is 0.323 e. The van der Waals surface area contributed by atoms with Gasteiger partial charge in [-0.1, -0.05) is 19.3 Å². The van der Waals surface area contributed by atoms with E-state index in [1.165, 1.54) is 76.7 Å². The van der Waals surface area contributed by atoms with E-state index in [1.807, 2.05) is 17.3 Å². The molecule has 2 aliphatic heterocycles. The Labute approximate surface area is 160 Å². The summed E-state index contributed by atoms with van der Waals surface area (Å²) >= 11 is 0. The van der Waals surface area contributed by atoms with E-state index >= 15 is 0 Å². The minimum atomic E-state index is 0.215. The van der Waals surface area contributed by atoms with Gasteiger partial charge in [0.15, 0.2) is 6.04 Å². The highest BCUT2D eigenvalue weighted by atomic mass is 15.6. The Kier molecular flexibility index (Phi) is 4.88. The van der Waals surface area contributed by atoms with Gasteiger partial charge in [0.05, 0.1) is 12.6 Å². The number of rotatable bonds is 4. The van der Waals surface area contributed by atoms with Crippen LogP contribution in [0.25, 0.3) is 0 Å². The van der Waals surface area contributed by atoms with E-state index in [2.05, 4.69) is 37.3 Å². The highest BCUT2D eigenvalue weighted by molar-refractivity contribution is 5.19. The summed E-state index contributed by atoms with van der Waals surface area (Å²) < 4.78 is 2.17. The van der Waals surface area contributed by atoms with E-state index in [0.717, 1.165) is 11.9 Å². The SMILES string of the molecule is c1cc([C@@H](c2nnnn2C2CCCCC2)[NH+]2CC[NH+]3CCC[C@@H]3C2)ccn1. The summed E-state index contributed by atoms with van der Waals surface area (Å²) in [5, 5.41) is 13.2. The molecule has 4 atom stereocenters. The molecule has 27 heavy (non-hydrogen) atoms. The average Bonchev–Trinajstić information content (AvgIpc) is 3.39. The Morgan fingerprint density at radius 1 is 0.963 bits per heavy atom. The molecule has 7 nitrogen and oxygen atoms in total. The molecule has 7 heteroatoms. The van der Waals surface area contributed by atoms with Crippen LogP contribution in [0.3, 0.4) is 0 Å². The van der Waals surface area contributed by atoms with Crippen molar-refractivity contribution in [2.24, 2.45) is 0 Å². The predicted octanol–water partition coefficient (Wildman–Crippen LogP) is -0.391. The Bertz CT molecular complexity index is 740. The first kappa shape index (κ1) is 17.3. The number of pyridine rings is 1. The lowest BCUT2D eigenvalue weighted by atomic mass is 9.95. The zero-order valence-corrected chi connectivity index (χ0v) is 16.1. The van der Waals surface area contributed by atoms with Crippen LogP contribution in [0.15, 0.2) is 24.5 Å². The third-order valence-corrected chi connectivity index (χ3v) is 7.05. The summed E-state index contributed by atoms with van der Waals surface area (Å²) in [6, 6.07) is 5.80. The fourth-order valence-electron chi connectivity index (χ4n) is 5.66. The van der Waals surface area contributed by atoms with Crippen molar-refractivity contribution in [2.45, 2.75) is 63.1 Å². The van der Waals surface area contributed by atoms with E-state index in [0.29, 0.717) is 6.04 Å². The molecule has 0 radical (unpaired) electrons. The molecule has 2 aromatic heterocycles. The number of aromatic nitrogens is 5. The standard InChI is InChI=1S/C20H29N7/c1-2-5-17(6-3-1)27-20(22-23-24-27)19(16-8-10-21-11-9-16)26-14-13-25-12-4-7-18(25)15-26/h8-11,17-19H,1-7,12-15H2/p+2/t18-,19+/m1/s1. The van der Waals surface area contributed by atoms with Gasteiger partial charge in [0, 0.05) is 30.8 Å². The van der Waals surface area contributed by atoms with Crippen LogP contribution in [0.1, 0.15) is 68.4 Å². The van der Waals surface area contributed by atoms with Crippen LogP contribution >= 0.6 is 0 Å². The lowest BCUT2D eigenvalue weighted by Gasteiger charge is -2.36. The monoisotopic (exact) mass is 369 g/mol. The number of quaternary nitrogens is 2. The van der Waals surface area contributed by atoms with Crippen molar-refractivity contribution in [2.75, 3.05) is 26.2 Å². The summed E-state index contributed by atoms with van der Waals surface area (Å²) in [5.41, 5.74) is 1.30. The normalized spacial score (nSPS) is 30.1. The first-order chi connectivity index (χ1) is 13.4. The van der Waals surface area contributed by atoms with Gasteiger partial charge < -0.3 is 9.80 Å². The van der Waals surface area contributed by atoms with Crippen molar-refractivity contribution in [3.05, 3.63) is 35.9 Å². The molecule has 1 aliphatic carbocycles. The molecule has 0 amide bonds. The maximum atomic E-state index is 4.58. The number of fused-ring (bicyclic) bond motifs is 1. The highest BCUT2D eigenvalue weighted by Gasteiger charge is 2.42. The molecule has 144 valence electrons. The van der Waals surface area contributed by atoms with E-state index in [-0.39, 0.29) is 6.04 Å². The van der Waals surface area contributed by atoms with Gasteiger partial charge in [0.1, 0.15) is 25.7 Å². The van der Waals surface area contributed by atoms with Gasteiger partial charge in [0.2, 0.25) is 5.82 Å². The van der Waals surface area contributed by atoms with Crippen LogP contribution in [0.5, 0.6) is 0 Å². The van der Waals surface area contributed by atoms with E-state index in [9.17, 15) is 0 Å². The maximum absolute atomic E-state index is 4.58. The van der Waals surface area contributed by atoms with Crippen molar-refractivity contribution < 1.29 is 9.80 Å². The first-order valence-electron chi connectivity index (χ1n) is 10.8. The average molecular weight is 370 g/mol. The summed E-state index contributed by atoms with van der Waals surface area (Å²) in [6.07, 6.45) is 12.9. The van der Waals surface area contributed by atoms with Gasteiger partial charge in [-0.15, -0.1) is 5.10 Å². The summed E-state index contributed by atoms with van der Waals surface area (Å²) in [4.78, 5) is 7.69. The van der Waals surface area contributed by atoms with Gasteiger partial charge in [0.25, 0.3) is 0 Å². The summed E-state index contributed by atoms with van der Waals surface area (Å²) in [7, 11) is 0. The lowest BCUT2D eigenvalue weighted by Crippen LogP contribution is -3.29. The molecule has 2 aromatic rings. The van der Waals surface area contributed by atoms with Gasteiger partial charge in [-0.25, -0.2) is 4.68 Å². The molecular formula is C20H31N7+2. The lowest BCUT2D eigenvalue weighted by molar-refractivity contribution is -1.03. The van der Waals surface area contributed by atoms with E-state index in [1.54, 1.807) is 4.90 Å². The predicted molar refractivity (Wildman–Crippen MR) is 100 cm³/mol. The molecule has 3 aliphatic rings. The molecule has 2 unspecified atom stereocenters. The highest BCUT2D eigenvalue weighted by Crippen LogP contribution is 2.30. The Morgan fingerprint density at radius 3 is 2.67 bits per heavy atom. The minimum absolute atomic E-state index is 0.215. The fourth-order valence-corrected chi connectivity index (χ4v) is 5.66. The molecule has 4 heterocycles. The van der Waals surface area contributed by atoms with E-state index in [4.69, 9.17) is 0 Å². The van der Waals surface area contributed by atoms with Crippen molar-refractivity contribution in [1.29, 1.82) is 0 Å². The van der Waals surface area contributed by atoms with Crippen LogP contribution in [0, 0.1) is 0 Å². The zero-order valence-electron chi connectivity index (χ0n) is 16.1. The third-order valence-electron chi connectivity index (χ3n) is 7.05. The van der Waals surface area contributed by atoms with Crippen LogP contribution in [-0.4, -0.2) is 57.4 Å². The summed E-state index contributed by atoms with van der Waals surface area (Å²) in [6.45, 7) is 5.04. The van der Waals surface area contributed by atoms with Crippen molar-refractivity contribution >= 4 is 0 Å². The maximum Gasteiger partial charge on any atom is 0.214 e. The molecule has 0 spiro atoms. The van der Waals surface area contributed by atoms with Crippen LogP contribution < -0.4 is 9.80 Å². The van der Waals surface area contributed by atoms with Crippen LogP contribution in [0.2, 0.25) is 0 Å². The molecule has 0 bridgehead atoms. The van der Waals surface area contributed by atoms with Crippen LogP contribution in [-0.2, 0) is 0 Å². The third kappa shape index (κ3) is 3.38. The Morgan fingerprint density at radius 2 is 1.81 bits per heavy atom. The fraction of sp³-hybridized carbons (Fsp3) is 0.700. The number of nitrogens with one attached hydrogen (secondary N) is 2. The van der Waals surface area contributed by atoms with E-state index < -0.39 is 0 Å². The molecular weight excluding hydrogens is 338 g/mol. The molecule has 2 saturated heterocycles. The van der Waals surface area contributed by atoms with Gasteiger partial charge in [-0.05, 0) is 35.4 Å². The summed E-state index contributed by atoms with van der Waals surface area (Å²) in [5.74, 6) is 1.06. The zero-order chi connectivity index (χ0) is 18.1. The van der Waals surface area contributed by atoms with Gasteiger partial charge in [-0.3, -0.25) is 4.98 Å². The van der Waals surface area contributed by atoms with Crippen molar-refractivity contribution in [1.82, 2.24) is 25.2 Å². The quantitative estimate of drug-likeness (QED) is 0.770. The molecule has 0 aromatic carbocycles. The topological polar surface area (TPSA) is 65.4 Å². The second kappa shape index (κ2) is 7.64. The second-order valence-electron chi connectivity index (χ2n) is 8.60.